The van der Waals surface area contributed by atoms with Crippen LogP contribution in [0.4, 0.5) is 0 Å². The largest absolute Gasteiger partial charge is 0.496 e. The topological polar surface area (TPSA) is 87.7 Å². The summed E-state index contributed by atoms with van der Waals surface area (Å²) in [4.78, 5) is 41.5. The Balaban J connectivity index is 1.50. The molecule has 0 aliphatic carbocycles. The van der Waals surface area contributed by atoms with Crippen molar-refractivity contribution in [2.45, 2.75) is 56.4 Å². The minimum Gasteiger partial charge on any atom is -0.496 e. The van der Waals surface area contributed by atoms with Crippen molar-refractivity contribution >= 4 is 29.5 Å². The third-order valence-electron chi connectivity index (χ3n) is 6.44. The molecule has 1 saturated heterocycles. The van der Waals surface area contributed by atoms with Gasteiger partial charge >= 0.3 is 0 Å². The van der Waals surface area contributed by atoms with Crippen LogP contribution in [-0.4, -0.2) is 46.6 Å². The predicted octanol–water partition coefficient (Wildman–Crippen LogP) is 3.50. The number of rotatable bonds is 7. The van der Waals surface area contributed by atoms with E-state index < -0.39 is 16.8 Å². The van der Waals surface area contributed by atoms with E-state index in [0.29, 0.717) is 11.3 Å². The number of methoxy groups -OCH3 is 1. The second-order valence-electron chi connectivity index (χ2n) is 9.54. The molecule has 0 unspecified atom stereocenters. The van der Waals surface area contributed by atoms with E-state index in [1.807, 2.05) is 70.2 Å². The normalized spacial score (nSPS) is 21.1. The molecule has 0 aromatic heterocycles. The highest BCUT2D eigenvalue weighted by atomic mass is 32.2. The van der Waals surface area contributed by atoms with Crippen molar-refractivity contribution < 1.29 is 19.1 Å². The molecule has 2 aliphatic heterocycles. The number of benzene rings is 2. The lowest BCUT2D eigenvalue weighted by Crippen LogP contribution is -2.58. The summed E-state index contributed by atoms with van der Waals surface area (Å²) in [7, 11) is 1.59. The summed E-state index contributed by atoms with van der Waals surface area (Å²) >= 11 is 1.61. The number of carbonyl (C=O) groups is 3. The van der Waals surface area contributed by atoms with Gasteiger partial charge in [0.2, 0.25) is 11.8 Å². The van der Waals surface area contributed by atoms with Gasteiger partial charge < -0.3 is 20.3 Å². The Hall–Kier alpha value is -3.00. The van der Waals surface area contributed by atoms with Gasteiger partial charge in [-0.3, -0.25) is 14.4 Å². The van der Waals surface area contributed by atoms with Gasteiger partial charge in [-0.15, -0.1) is 11.8 Å². The number of amides is 3. The molecular weight excluding hydrogens is 450 g/mol. The van der Waals surface area contributed by atoms with E-state index in [1.54, 1.807) is 29.8 Å². The Bertz CT molecular complexity index is 1120. The first-order valence-corrected chi connectivity index (χ1v) is 12.3. The van der Waals surface area contributed by atoms with Crippen LogP contribution in [0, 0.1) is 5.92 Å². The van der Waals surface area contributed by atoms with Crippen LogP contribution in [0.2, 0.25) is 0 Å². The molecule has 2 aromatic carbocycles. The molecule has 2 N–H and O–H groups in total. The zero-order valence-electron chi connectivity index (χ0n) is 20.1. The Labute approximate surface area is 204 Å². The van der Waals surface area contributed by atoms with Crippen molar-refractivity contribution in [3.63, 3.8) is 0 Å². The van der Waals surface area contributed by atoms with Crippen molar-refractivity contribution in [3.8, 4) is 5.75 Å². The van der Waals surface area contributed by atoms with Gasteiger partial charge in [-0.05, 0) is 37.5 Å². The van der Waals surface area contributed by atoms with Crippen LogP contribution in [0.1, 0.15) is 54.6 Å². The van der Waals surface area contributed by atoms with Gasteiger partial charge in [0, 0.05) is 22.4 Å². The number of hydrogen-bond acceptors (Lipinski definition) is 5. The molecule has 0 saturated carbocycles. The average Bonchev–Trinajstić information content (AvgIpc) is 3.24. The molecule has 0 spiro atoms. The maximum absolute atomic E-state index is 13.6. The monoisotopic (exact) mass is 481 g/mol. The molecule has 8 heteroatoms. The van der Waals surface area contributed by atoms with Crippen molar-refractivity contribution in [1.29, 1.82) is 0 Å². The van der Waals surface area contributed by atoms with Gasteiger partial charge in [-0.25, -0.2) is 0 Å². The van der Waals surface area contributed by atoms with E-state index in [0.717, 1.165) is 11.1 Å². The van der Waals surface area contributed by atoms with Crippen molar-refractivity contribution in [3.05, 3.63) is 65.2 Å². The number of thioether (sulfide) groups is 1. The standard InChI is InChI=1S/C26H31N3O4S/c1-15(2)20(22(30)27-14-16-10-6-9-13-19(16)33-5)28-23(31)21-26(3,4)34-25-18-12-8-7-11-17(18)24(32)29(21)25/h6-13,15,20-21,25H,14H2,1-5H3,(H,27,30)(H,28,31)/t20-,21-,25+/m0/s1. The fraction of sp³-hybridized carbons (Fsp3) is 0.423. The van der Waals surface area contributed by atoms with Crippen LogP contribution in [-0.2, 0) is 16.1 Å². The molecule has 180 valence electrons. The molecule has 0 bridgehead atoms. The summed E-state index contributed by atoms with van der Waals surface area (Å²) in [6.07, 6.45) is 0. The van der Waals surface area contributed by atoms with Gasteiger partial charge in [0.05, 0.1) is 7.11 Å². The number of para-hydroxylation sites is 1. The van der Waals surface area contributed by atoms with Gasteiger partial charge in [0.25, 0.3) is 5.91 Å². The lowest BCUT2D eigenvalue weighted by molar-refractivity contribution is -0.132. The maximum Gasteiger partial charge on any atom is 0.256 e. The summed E-state index contributed by atoms with van der Waals surface area (Å²) in [5.74, 6) is -0.171. The highest BCUT2D eigenvalue weighted by Crippen LogP contribution is 2.56. The van der Waals surface area contributed by atoms with Crippen LogP contribution in [0.3, 0.4) is 0 Å². The molecule has 3 amide bonds. The Morgan fingerprint density at radius 3 is 2.50 bits per heavy atom. The quantitative estimate of drug-likeness (QED) is 0.632. The smallest absolute Gasteiger partial charge is 0.256 e. The first-order chi connectivity index (χ1) is 16.2. The Kier molecular flexibility index (Phi) is 6.62. The van der Waals surface area contributed by atoms with Gasteiger partial charge in [-0.2, -0.15) is 0 Å². The fourth-order valence-electron chi connectivity index (χ4n) is 4.71. The number of hydrogen-bond donors (Lipinski definition) is 2. The lowest BCUT2D eigenvalue weighted by atomic mass is 9.98. The number of nitrogens with one attached hydrogen (secondary N) is 2. The second kappa shape index (κ2) is 9.33. The number of ether oxygens (including phenoxy) is 1. The Morgan fingerprint density at radius 2 is 1.79 bits per heavy atom. The van der Waals surface area contributed by atoms with E-state index >= 15 is 0 Å². The highest BCUT2D eigenvalue weighted by Gasteiger charge is 2.57. The third-order valence-corrected chi connectivity index (χ3v) is 7.97. The molecule has 34 heavy (non-hydrogen) atoms. The number of fused-ring (bicyclic) bond motifs is 3. The first-order valence-electron chi connectivity index (χ1n) is 11.4. The third kappa shape index (κ3) is 4.27. The molecule has 4 rings (SSSR count). The van der Waals surface area contributed by atoms with E-state index in [2.05, 4.69) is 10.6 Å². The van der Waals surface area contributed by atoms with E-state index in [-0.39, 0.29) is 35.6 Å². The van der Waals surface area contributed by atoms with E-state index in [4.69, 9.17) is 4.74 Å². The zero-order chi connectivity index (χ0) is 24.6. The minimum absolute atomic E-state index is 0.138. The van der Waals surface area contributed by atoms with Crippen molar-refractivity contribution in [1.82, 2.24) is 15.5 Å². The van der Waals surface area contributed by atoms with Crippen molar-refractivity contribution in [2.24, 2.45) is 5.92 Å². The molecule has 2 aromatic rings. The first kappa shape index (κ1) is 24.1. The molecule has 1 fully saturated rings. The van der Waals surface area contributed by atoms with E-state index in [9.17, 15) is 14.4 Å². The summed E-state index contributed by atoms with van der Waals surface area (Å²) in [5, 5.41) is 5.67. The van der Waals surface area contributed by atoms with Gasteiger partial charge in [0.15, 0.2) is 0 Å². The average molecular weight is 482 g/mol. The SMILES string of the molecule is COc1ccccc1CNC(=O)[C@@H](NC(=O)[C@@H]1N2C(=O)c3ccccc3[C@H]2SC1(C)C)C(C)C. The minimum atomic E-state index is -0.734. The summed E-state index contributed by atoms with van der Waals surface area (Å²) in [6, 6.07) is 13.6. The molecule has 0 radical (unpaired) electrons. The molecule has 3 atom stereocenters. The summed E-state index contributed by atoms with van der Waals surface area (Å²) in [6.45, 7) is 8.02. The number of nitrogens with zero attached hydrogens (tertiary/aromatic N) is 1. The van der Waals surface area contributed by atoms with Crippen LogP contribution in [0.15, 0.2) is 48.5 Å². The van der Waals surface area contributed by atoms with Crippen LogP contribution in [0.5, 0.6) is 5.75 Å². The molecule has 7 nitrogen and oxygen atoms in total. The van der Waals surface area contributed by atoms with Crippen LogP contribution >= 0.6 is 11.8 Å². The van der Waals surface area contributed by atoms with E-state index in [1.165, 1.54) is 0 Å². The van der Waals surface area contributed by atoms with Gasteiger partial charge in [-0.1, -0.05) is 50.2 Å². The van der Waals surface area contributed by atoms with Crippen LogP contribution in [0.25, 0.3) is 0 Å². The second-order valence-corrected chi connectivity index (χ2v) is 11.3. The maximum atomic E-state index is 13.6. The fourth-order valence-corrected chi connectivity index (χ4v) is 6.30. The van der Waals surface area contributed by atoms with Crippen molar-refractivity contribution in [2.75, 3.05) is 7.11 Å². The van der Waals surface area contributed by atoms with Gasteiger partial charge in [0.1, 0.15) is 23.2 Å². The predicted molar refractivity (Wildman–Crippen MR) is 132 cm³/mol. The summed E-state index contributed by atoms with van der Waals surface area (Å²) in [5.41, 5.74) is 2.43. The molecule has 2 aliphatic rings. The number of carbonyl (C=O) groups excluding carboxylic acids is 3. The molecular formula is C26H31N3O4S. The Morgan fingerprint density at radius 1 is 1.12 bits per heavy atom. The molecule has 2 heterocycles. The summed E-state index contributed by atoms with van der Waals surface area (Å²) < 4.78 is 4.85. The van der Waals surface area contributed by atoms with Crippen LogP contribution < -0.4 is 15.4 Å². The highest BCUT2D eigenvalue weighted by molar-refractivity contribution is 8.01. The zero-order valence-corrected chi connectivity index (χ0v) is 20.9. The lowest BCUT2D eigenvalue weighted by Gasteiger charge is -2.32.